The number of halogens is 1. The van der Waals surface area contributed by atoms with E-state index in [1.165, 1.54) is 25.0 Å². The summed E-state index contributed by atoms with van der Waals surface area (Å²) in [7, 11) is 0. The molecule has 0 radical (unpaired) electrons. The van der Waals surface area contributed by atoms with Gasteiger partial charge in [0.1, 0.15) is 11.7 Å². The topological polar surface area (TPSA) is 112 Å². The van der Waals surface area contributed by atoms with Crippen LogP contribution in [0.1, 0.15) is 65.4 Å². The molecule has 0 aromatic heterocycles. The number of allylic oxidation sites excluding steroid dienone is 1. The Morgan fingerprint density at radius 2 is 1.89 bits per heavy atom. The van der Waals surface area contributed by atoms with Gasteiger partial charge in [0.05, 0.1) is 5.71 Å². The Balaban J connectivity index is 0.000000809. The van der Waals surface area contributed by atoms with Crippen molar-refractivity contribution in [2.75, 3.05) is 19.6 Å². The van der Waals surface area contributed by atoms with E-state index in [1.54, 1.807) is 29.3 Å². The van der Waals surface area contributed by atoms with Crippen LogP contribution in [0.4, 0.5) is 4.39 Å². The minimum absolute atomic E-state index is 0.264. The van der Waals surface area contributed by atoms with E-state index in [2.05, 4.69) is 38.0 Å². The molecule has 0 bridgehead atoms. The van der Waals surface area contributed by atoms with Gasteiger partial charge >= 0.3 is 0 Å². The first-order valence-electron chi connectivity index (χ1n) is 12.5. The lowest BCUT2D eigenvalue weighted by molar-refractivity contribution is -0.118. The van der Waals surface area contributed by atoms with E-state index in [4.69, 9.17) is 11.1 Å². The van der Waals surface area contributed by atoms with Crippen LogP contribution in [0.15, 0.2) is 53.2 Å². The second kappa shape index (κ2) is 16.4. The van der Waals surface area contributed by atoms with Gasteiger partial charge in [-0.25, -0.2) is 9.38 Å². The van der Waals surface area contributed by atoms with Gasteiger partial charge in [-0.05, 0) is 78.5 Å². The van der Waals surface area contributed by atoms with Crippen molar-refractivity contribution in [1.82, 2.24) is 10.2 Å². The predicted octanol–water partition coefficient (Wildman–Crippen LogP) is 4.83. The lowest BCUT2D eigenvalue weighted by atomic mass is 9.91. The summed E-state index contributed by atoms with van der Waals surface area (Å²) in [4.78, 5) is 27.0. The van der Waals surface area contributed by atoms with Crippen molar-refractivity contribution in [3.63, 3.8) is 0 Å². The van der Waals surface area contributed by atoms with Crippen LogP contribution in [0.5, 0.6) is 0 Å². The van der Waals surface area contributed by atoms with Gasteiger partial charge in [0, 0.05) is 25.8 Å². The Hall–Kier alpha value is -3.29. The first-order valence-corrected chi connectivity index (χ1v) is 12.5. The van der Waals surface area contributed by atoms with Gasteiger partial charge in [0.15, 0.2) is 0 Å². The third-order valence-electron chi connectivity index (χ3n) is 5.45. The van der Waals surface area contributed by atoms with E-state index in [1.807, 2.05) is 6.08 Å². The van der Waals surface area contributed by atoms with Crippen LogP contribution in [-0.4, -0.2) is 48.9 Å². The molecule has 1 aliphatic rings. The van der Waals surface area contributed by atoms with Crippen LogP contribution >= 0.6 is 0 Å². The van der Waals surface area contributed by atoms with Crippen LogP contribution in [0.2, 0.25) is 0 Å². The largest absolute Gasteiger partial charge is 0.383 e. The second-order valence-electron chi connectivity index (χ2n) is 10.0. The number of amides is 2. The average Bonchev–Trinajstić information content (AvgIpc) is 3.66. The van der Waals surface area contributed by atoms with Crippen LogP contribution < -0.4 is 11.1 Å². The fourth-order valence-electron chi connectivity index (χ4n) is 3.42. The fraction of sp³-hybridized carbons (Fsp3) is 0.500. The molecule has 36 heavy (non-hydrogen) atoms. The zero-order chi connectivity index (χ0) is 27.0. The van der Waals surface area contributed by atoms with E-state index >= 15 is 0 Å². The number of nitrogens with one attached hydrogen (secondary N) is 2. The Morgan fingerprint density at radius 3 is 2.39 bits per heavy atom. The van der Waals surface area contributed by atoms with Crippen molar-refractivity contribution in [2.24, 2.45) is 22.1 Å². The van der Waals surface area contributed by atoms with Crippen LogP contribution in [0.3, 0.4) is 0 Å². The van der Waals surface area contributed by atoms with E-state index in [0.29, 0.717) is 55.2 Å². The Morgan fingerprint density at radius 1 is 1.22 bits per heavy atom. The first-order chi connectivity index (χ1) is 17.1. The number of carbonyl (C=O) groups excluding carboxylic acids is 2. The number of carbonyl (C=O) groups is 2. The van der Waals surface area contributed by atoms with Crippen molar-refractivity contribution in [3.8, 4) is 0 Å². The molecule has 0 spiro atoms. The smallest absolute Gasteiger partial charge is 0.209 e. The van der Waals surface area contributed by atoms with Gasteiger partial charge in [-0.3, -0.25) is 9.59 Å². The lowest BCUT2D eigenvalue weighted by Gasteiger charge is -2.15. The molecule has 0 aliphatic heterocycles. The number of nitrogens with zero attached hydrogens (tertiary/aromatic N) is 2. The van der Waals surface area contributed by atoms with Gasteiger partial charge < -0.3 is 21.4 Å². The summed E-state index contributed by atoms with van der Waals surface area (Å²) in [5, 5.41) is 10.7. The van der Waals surface area contributed by atoms with Gasteiger partial charge in [0.25, 0.3) is 0 Å². The molecule has 0 saturated heterocycles. The Kier molecular flexibility index (Phi) is 14.0. The Bertz CT molecular complexity index is 913. The highest BCUT2D eigenvalue weighted by Crippen LogP contribution is 2.36. The van der Waals surface area contributed by atoms with Gasteiger partial charge in [-0.2, -0.15) is 0 Å². The summed E-state index contributed by atoms with van der Waals surface area (Å²) < 4.78 is 13.1. The third-order valence-corrected chi connectivity index (χ3v) is 5.45. The van der Waals surface area contributed by atoms with E-state index in [-0.39, 0.29) is 11.5 Å². The normalized spacial score (nSPS) is 14.1. The molecular weight excluding hydrogens is 457 g/mol. The molecule has 0 heterocycles. The Labute approximate surface area is 215 Å². The minimum Gasteiger partial charge on any atom is -0.383 e. The maximum atomic E-state index is 13.1. The van der Waals surface area contributed by atoms with E-state index < -0.39 is 0 Å². The fourth-order valence-corrected chi connectivity index (χ4v) is 3.42. The first kappa shape index (κ1) is 30.7. The molecule has 198 valence electrons. The molecule has 4 N–H and O–H groups in total. The summed E-state index contributed by atoms with van der Waals surface area (Å²) in [6, 6.07) is 5.78. The summed E-state index contributed by atoms with van der Waals surface area (Å²) in [6.45, 7) is 10.4. The molecule has 8 heteroatoms. The molecule has 7 nitrogen and oxygen atoms in total. The highest BCUT2D eigenvalue weighted by atomic mass is 19.1. The average molecular weight is 500 g/mol. The number of hydrogen-bond donors (Lipinski definition) is 3. The van der Waals surface area contributed by atoms with Crippen LogP contribution in [0.25, 0.3) is 0 Å². The SMILES string of the molecule is CCCC(C)(C)C.N=C(\C=C(/C(N)=N/C=C/CCN(C=O)CCNC=O)C1CC1)c1ccc(F)cc1. The minimum atomic E-state index is -0.340. The molecule has 1 aromatic carbocycles. The number of hydrogen-bond acceptors (Lipinski definition) is 4. The highest BCUT2D eigenvalue weighted by Gasteiger charge is 2.28. The standard InChI is InChI=1S/C21H26FN5O2.C7H16/c22-18-7-5-17(6-8-18)20(23)13-19(16-3-4-16)21(24)26-9-1-2-11-27(15-29)12-10-25-14-28;1-5-6-7(2,3)4/h1,5-9,13-16,23H,2-4,10-12H2,(H2,24,26)(H,25,28);5-6H2,1-4H3/b9-1+,19-13-,23-20?;. The summed E-state index contributed by atoms with van der Waals surface area (Å²) in [6.07, 6.45) is 11.7. The van der Waals surface area contributed by atoms with Gasteiger partial charge in [0.2, 0.25) is 12.8 Å². The van der Waals surface area contributed by atoms with Gasteiger partial charge in [-0.15, -0.1) is 0 Å². The number of aliphatic imine (C=N–C) groups is 1. The van der Waals surface area contributed by atoms with Crippen molar-refractivity contribution in [3.05, 3.63) is 59.6 Å². The van der Waals surface area contributed by atoms with Crippen molar-refractivity contribution in [2.45, 2.75) is 59.8 Å². The zero-order valence-electron chi connectivity index (χ0n) is 22.1. The van der Waals surface area contributed by atoms with Gasteiger partial charge in [-0.1, -0.05) is 40.2 Å². The van der Waals surface area contributed by atoms with Crippen LogP contribution in [-0.2, 0) is 9.59 Å². The predicted molar refractivity (Wildman–Crippen MR) is 145 cm³/mol. The summed E-state index contributed by atoms with van der Waals surface area (Å²) >= 11 is 0. The molecule has 1 aromatic rings. The highest BCUT2D eigenvalue weighted by molar-refractivity contribution is 6.12. The monoisotopic (exact) mass is 499 g/mol. The molecular formula is C28H42FN5O2. The van der Waals surface area contributed by atoms with Crippen molar-refractivity contribution in [1.29, 1.82) is 5.41 Å². The van der Waals surface area contributed by atoms with Crippen molar-refractivity contribution < 1.29 is 14.0 Å². The van der Waals surface area contributed by atoms with Crippen LogP contribution in [0, 0.1) is 22.6 Å². The summed E-state index contributed by atoms with van der Waals surface area (Å²) in [5.41, 5.74) is 8.37. The second-order valence-corrected chi connectivity index (χ2v) is 10.0. The van der Waals surface area contributed by atoms with E-state index in [0.717, 1.165) is 24.8 Å². The number of amidine groups is 1. The quantitative estimate of drug-likeness (QED) is 0.148. The maximum Gasteiger partial charge on any atom is 0.209 e. The maximum absolute atomic E-state index is 13.1. The lowest BCUT2D eigenvalue weighted by Crippen LogP contribution is -2.31. The molecule has 1 fully saturated rings. The number of benzene rings is 1. The molecule has 1 aliphatic carbocycles. The molecule has 0 atom stereocenters. The number of nitrogens with two attached hydrogens (primary N) is 1. The third kappa shape index (κ3) is 13.6. The molecule has 2 amide bonds. The molecule has 0 unspecified atom stereocenters. The molecule has 2 rings (SSSR count). The summed E-state index contributed by atoms with van der Waals surface area (Å²) in [5.74, 6) is 0.314. The van der Waals surface area contributed by atoms with E-state index in [9.17, 15) is 14.0 Å². The number of rotatable bonds is 14. The zero-order valence-corrected chi connectivity index (χ0v) is 22.1. The van der Waals surface area contributed by atoms with Crippen molar-refractivity contribution >= 4 is 24.4 Å². The molecule has 1 saturated carbocycles.